The van der Waals surface area contributed by atoms with Crippen molar-refractivity contribution in [3.63, 3.8) is 0 Å². The molecule has 0 radical (unpaired) electrons. The summed E-state index contributed by atoms with van der Waals surface area (Å²) in [5.41, 5.74) is 0.0751. The fourth-order valence-corrected chi connectivity index (χ4v) is 1.66. The molecular weight excluding hydrogens is 347 g/mol. The van der Waals surface area contributed by atoms with Gasteiger partial charge in [-0.3, -0.25) is 0 Å². The van der Waals surface area contributed by atoms with Gasteiger partial charge in [0.05, 0.1) is 3.57 Å². The Kier molecular flexibility index (Phi) is 3.58. The molecule has 0 saturated carbocycles. The van der Waals surface area contributed by atoms with E-state index in [-0.39, 0.29) is 5.75 Å². The second-order valence-corrected chi connectivity index (χ2v) is 5.47. The zero-order valence-corrected chi connectivity index (χ0v) is 12.4. The number of nitrogens with zero attached hydrogens (tertiary/aromatic N) is 2. The van der Waals surface area contributed by atoms with Gasteiger partial charge in [0.1, 0.15) is 11.4 Å². The summed E-state index contributed by atoms with van der Waals surface area (Å²) in [4.78, 5) is 4.28. The molecule has 0 aliphatic carbocycles. The van der Waals surface area contributed by atoms with Gasteiger partial charge in [-0.2, -0.15) is 4.98 Å². The summed E-state index contributed by atoms with van der Waals surface area (Å²) in [5.74, 6) is 1.03. The van der Waals surface area contributed by atoms with Crippen LogP contribution in [0.15, 0.2) is 22.7 Å². The molecule has 2 aromatic rings. The first-order valence-electron chi connectivity index (χ1n) is 5.32. The molecule has 0 atom stereocenters. The molecule has 1 aromatic heterocycles. The third-order valence-electron chi connectivity index (χ3n) is 2.67. The number of hydrogen-bond donors (Lipinski definition) is 1. The third-order valence-corrected chi connectivity index (χ3v) is 3.58. The average molecular weight is 360 g/mol. The first kappa shape index (κ1) is 13.3. The van der Waals surface area contributed by atoms with Gasteiger partial charge >= 0.3 is 0 Å². The van der Waals surface area contributed by atoms with Gasteiger partial charge < -0.3 is 14.4 Å². The van der Waals surface area contributed by atoms with Crippen molar-refractivity contribution in [2.24, 2.45) is 0 Å². The number of halogens is 1. The van der Waals surface area contributed by atoms with Crippen LogP contribution in [0.25, 0.3) is 11.5 Å². The van der Waals surface area contributed by atoms with E-state index in [0.717, 1.165) is 3.57 Å². The molecule has 1 N–H and O–H groups in total. The smallest absolute Gasteiger partial charge is 0.258 e. The highest BCUT2D eigenvalue weighted by atomic mass is 127. The molecule has 2 rings (SSSR count). The molecule has 6 heteroatoms. The minimum atomic E-state index is -0.604. The second-order valence-electron chi connectivity index (χ2n) is 4.30. The van der Waals surface area contributed by atoms with Crippen LogP contribution >= 0.6 is 22.6 Å². The molecule has 0 unspecified atom stereocenters. The summed E-state index contributed by atoms with van der Waals surface area (Å²) < 4.78 is 11.2. The predicted molar refractivity (Wildman–Crippen MR) is 74.2 cm³/mol. The van der Waals surface area contributed by atoms with E-state index in [9.17, 15) is 5.11 Å². The summed E-state index contributed by atoms with van der Waals surface area (Å²) >= 11 is 2.05. The van der Waals surface area contributed by atoms with E-state index in [1.165, 1.54) is 0 Å². The van der Waals surface area contributed by atoms with Gasteiger partial charge in [-0.1, -0.05) is 5.16 Å². The van der Waals surface area contributed by atoms with Gasteiger partial charge in [-0.15, -0.1) is 0 Å². The molecule has 18 heavy (non-hydrogen) atoms. The molecule has 0 aliphatic rings. The molecule has 0 amide bonds. The Morgan fingerprint density at radius 2 is 2.11 bits per heavy atom. The maximum absolute atomic E-state index is 9.65. The fraction of sp³-hybridized carbons (Fsp3) is 0.333. The monoisotopic (exact) mass is 360 g/mol. The molecule has 0 saturated heterocycles. The van der Waals surface area contributed by atoms with Crippen LogP contribution < -0.4 is 0 Å². The summed E-state index contributed by atoms with van der Waals surface area (Å²) in [5, 5.41) is 13.5. The first-order valence-corrected chi connectivity index (χ1v) is 6.40. The van der Waals surface area contributed by atoms with Gasteiger partial charge in [-0.05, 0) is 54.6 Å². The number of ether oxygens (including phenoxy) is 1. The highest BCUT2D eigenvalue weighted by Gasteiger charge is 2.26. The van der Waals surface area contributed by atoms with Crippen LogP contribution in [0.4, 0.5) is 0 Å². The molecule has 0 bridgehead atoms. The van der Waals surface area contributed by atoms with Crippen molar-refractivity contribution in [3.8, 4) is 17.2 Å². The Morgan fingerprint density at radius 1 is 1.39 bits per heavy atom. The lowest BCUT2D eigenvalue weighted by Gasteiger charge is -2.17. The van der Waals surface area contributed by atoms with Crippen LogP contribution in [0.2, 0.25) is 0 Å². The Labute approximate surface area is 118 Å². The largest absolute Gasteiger partial charge is 0.507 e. The van der Waals surface area contributed by atoms with Crippen molar-refractivity contribution in [2.45, 2.75) is 19.4 Å². The van der Waals surface area contributed by atoms with Gasteiger partial charge in [0.25, 0.3) is 5.89 Å². The van der Waals surface area contributed by atoms with E-state index >= 15 is 0 Å². The van der Waals surface area contributed by atoms with Crippen molar-refractivity contribution in [1.29, 1.82) is 0 Å². The molecule has 0 fully saturated rings. The summed E-state index contributed by atoms with van der Waals surface area (Å²) in [6.45, 7) is 3.71. The standard InChI is InChI=1S/C12H13IN2O3/c1-12(2,17-3)11-14-10(18-15-11)7-4-5-8(13)9(16)6-7/h4-6,16H,1-3H3. The Bertz CT molecular complexity index is 566. The van der Waals surface area contributed by atoms with Crippen LogP contribution in [0, 0.1) is 3.57 Å². The number of methoxy groups -OCH3 is 1. The van der Waals surface area contributed by atoms with E-state index < -0.39 is 5.60 Å². The van der Waals surface area contributed by atoms with Gasteiger partial charge in [0, 0.05) is 12.7 Å². The van der Waals surface area contributed by atoms with E-state index in [0.29, 0.717) is 17.3 Å². The van der Waals surface area contributed by atoms with E-state index in [2.05, 4.69) is 10.1 Å². The van der Waals surface area contributed by atoms with Gasteiger partial charge in [0.15, 0.2) is 0 Å². The van der Waals surface area contributed by atoms with Crippen molar-refractivity contribution in [3.05, 3.63) is 27.6 Å². The minimum absolute atomic E-state index is 0.193. The lowest BCUT2D eigenvalue weighted by Crippen LogP contribution is -2.21. The molecule has 1 aromatic carbocycles. The van der Waals surface area contributed by atoms with Crippen molar-refractivity contribution in [2.75, 3.05) is 7.11 Å². The number of benzene rings is 1. The summed E-state index contributed by atoms with van der Waals surface area (Å²) in [6, 6.07) is 5.20. The van der Waals surface area contributed by atoms with Crippen LogP contribution in [-0.2, 0) is 10.3 Å². The predicted octanol–water partition coefficient (Wildman–Crippen LogP) is 2.93. The van der Waals surface area contributed by atoms with Crippen LogP contribution in [-0.4, -0.2) is 22.4 Å². The number of aromatic hydroxyl groups is 1. The summed E-state index contributed by atoms with van der Waals surface area (Å²) in [7, 11) is 1.59. The Morgan fingerprint density at radius 3 is 2.72 bits per heavy atom. The summed E-state index contributed by atoms with van der Waals surface area (Å²) in [6.07, 6.45) is 0. The lowest BCUT2D eigenvalue weighted by molar-refractivity contribution is 0.00973. The average Bonchev–Trinajstić information content (AvgIpc) is 2.83. The van der Waals surface area contributed by atoms with E-state index in [4.69, 9.17) is 9.26 Å². The normalized spacial score (nSPS) is 11.8. The Balaban J connectivity index is 2.38. The number of phenols is 1. The van der Waals surface area contributed by atoms with Crippen LogP contribution in [0.1, 0.15) is 19.7 Å². The highest BCUT2D eigenvalue weighted by Crippen LogP contribution is 2.28. The van der Waals surface area contributed by atoms with Crippen molar-refractivity contribution < 1.29 is 14.4 Å². The molecule has 0 spiro atoms. The zero-order valence-electron chi connectivity index (χ0n) is 10.3. The number of aromatic nitrogens is 2. The van der Waals surface area contributed by atoms with E-state index in [1.54, 1.807) is 19.2 Å². The lowest BCUT2D eigenvalue weighted by atomic mass is 10.1. The Hall–Kier alpha value is -1.15. The van der Waals surface area contributed by atoms with E-state index in [1.807, 2.05) is 42.5 Å². The molecule has 5 nitrogen and oxygen atoms in total. The van der Waals surface area contributed by atoms with Gasteiger partial charge in [0.2, 0.25) is 5.82 Å². The zero-order chi connectivity index (χ0) is 13.3. The second kappa shape index (κ2) is 4.85. The van der Waals surface area contributed by atoms with Crippen molar-refractivity contribution in [1.82, 2.24) is 10.1 Å². The third kappa shape index (κ3) is 2.49. The molecule has 0 aliphatic heterocycles. The van der Waals surface area contributed by atoms with Crippen LogP contribution in [0.3, 0.4) is 0 Å². The molecular formula is C12H13IN2O3. The first-order chi connectivity index (χ1) is 8.44. The number of phenolic OH excluding ortho intramolecular Hbond substituents is 1. The maximum atomic E-state index is 9.65. The fourth-order valence-electron chi connectivity index (χ4n) is 1.32. The molecule has 1 heterocycles. The minimum Gasteiger partial charge on any atom is -0.507 e. The van der Waals surface area contributed by atoms with Crippen LogP contribution in [0.5, 0.6) is 5.75 Å². The maximum Gasteiger partial charge on any atom is 0.258 e. The molecule has 96 valence electrons. The van der Waals surface area contributed by atoms with Gasteiger partial charge in [-0.25, -0.2) is 0 Å². The number of rotatable bonds is 3. The van der Waals surface area contributed by atoms with Crippen molar-refractivity contribution >= 4 is 22.6 Å². The topological polar surface area (TPSA) is 68.4 Å². The SMILES string of the molecule is COC(C)(C)c1noc(-c2ccc(I)c(O)c2)n1. The number of hydrogen-bond acceptors (Lipinski definition) is 5. The quantitative estimate of drug-likeness (QED) is 0.853. The highest BCUT2D eigenvalue weighted by molar-refractivity contribution is 14.1.